The van der Waals surface area contributed by atoms with Gasteiger partial charge in [-0.15, -0.1) is 0 Å². The zero-order chi connectivity index (χ0) is 17.5. The Hall–Kier alpha value is -3.30. The molecule has 126 valence electrons. The van der Waals surface area contributed by atoms with E-state index in [2.05, 4.69) is 24.3 Å². The summed E-state index contributed by atoms with van der Waals surface area (Å²) in [5.74, 6) is 0. The topological polar surface area (TPSA) is 26.7 Å². The number of nitrogens with zero attached hydrogens (tertiary/aromatic N) is 2. The Morgan fingerprint density at radius 3 is 1.46 bits per heavy atom. The summed E-state index contributed by atoms with van der Waals surface area (Å²) < 4.78 is 0. The first-order chi connectivity index (χ1) is 12.8. The van der Waals surface area contributed by atoms with Gasteiger partial charge in [0.1, 0.15) is 0 Å². The van der Waals surface area contributed by atoms with E-state index in [0.29, 0.717) is 0 Å². The molecule has 0 radical (unpaired) electrons. The van der Waals surface area contributed by atoms with Crippen LogP contribution in [0.25, 0.3) is 10.8 Å². The maximum absolute atomic E-state index is 11.4. The fourth-order valence-electron chi connectivity index (χ4n) is 3.79. The Balaban J connectivity index is 1.83. The molecular formula is C23H18N2O. The Kier molecular flexibility index (Phi) is 3.40. The minimum Gasteiger partial charge on any atom is -0.356 e. The van der Waals surface area contributed by atoms with Gasteiger partial charge in [-0.3, -0.25) is 9.80 Å². The smallest absolute Gasteiger partial charge is 0.216 e. The van der Waals surface area contributed by atoms with E-state index in [4.69, 9.17) is 0 Å². The van der Waals surface area contributed by atoms with Gasteiger partial charge in [-0.05, 0) is 41.8 Å². The Bertz CT molecular complexity index is 981. The molecule has 0 amide bonds. The van der Waals surface area contributed by atoms with Crippen LogP contribution in [0.15, 0.2) is 97.1 Å². The molecule has 0 unspecified atom stereocenters. The number of aliphatic hydroxyl groups is 1. The van der Waals surface area contributed by atoms with Crippen LogP contribution in [0.3, 0.4) is 0 Å². The van der Waals surface area contributed by atoms with Crippen molar-refractivity contribution in [1.82, 2.24) is 0 Å². The quantitative estimate of drug-likeness (QED) is 0.530. The van der Waals surface area contributed by atoms with Gasteiger partial charge in [0.2, 0.25) is 6.35 Å². The van der Waals surface area contributed by atoms with Crippen LogP contribution < -0.4 is 9.80 Å². The fraction of sp³-hybridized carbons (Fsp3) is 0.0435. The van der Waals surface area contributed by atoms with Crippen molar-refractivity contribution < 1.29 is 5.11 Å². The van der Waals surface area contributed by atoms with Crippen molar-refractivity contribution in [3.63, 3.8) is 0 Å². The first kappa shape index (κ1) is 15.0. The Morgan fingerprint density at radius 1 is 0.538 bits per heavy atom. The maximum Gasteiger partial charge on any atom is 0.216 e. The highest BCUT2D eigenvalue weighted by molar-refractivity contribution is 6.08. The Labute approximate surface area is 152 Å². The van der Waals surface area contributed by atoms with Crippen molar-refractivity contribution in [3.05, 3.63) is 97.1 Å². The minimum atomic E-state index is -0.833. The summed E-state index contributed by atoms with van der Waals surface area (Å²) in [6.07, 6.45) is -0.833. The molecule has 5 rings (SSSR count). The number of aliphatic hydroxyl groups excluding tert-OH is 1. The third-order valence-electron chi connectivity index (χ3n) is 4.91. The second-order valence-electron chi connectivity index (χ2n) is 6.41. The summed E-state index contributed by atoms with van der Waals surface area (Å²) in [6.45, 7) is 0. The summed E-state index contributed by atoms with van der Waals surface area (Å²) >= 11 is 0. The molecule has 1 heterocycles. The van der Waals surface area contributed by atoms with Gasteiger partial charge in [-0.25, -0.2) is 0 Å². The highest BCUT2D eigenvalue weighted by atomic mass is 16.3. The molecule has 0 aromatic heterocycles. The van der Waals surface area contributed by atoms with Crippen molar-refractivity contribution in [2.45, 2.75) is 6.35 Å². The lowest BCUT2D eigenvalue weighted by molar-refractivity contribution is 0.186. The Morgan fingerprint density at radius 2 is 1.00 bits per heavy atom. The molecule has 4 aromatic carbocycles. The average molecular weight is 338 g/mol. The van der Waals surface area contributed by atoms with Gasteiger partial charge in [0, 0.05) is 16.8 Å². The molecule has 0 spiro atoms. The number of rotatable bonds is 2. The molecule has 26 heavy (non-hydrogen) atoms. The number of hydrogen-bond acceptors (Lipinski definition) is 3. The lowest BCUT2D eigenvalue weighted by Crippen LogP contribution is -2.46. The molecule has 1 aliphatic heterocycles. The van der Waals surface area contributed by atoms with E-state index >= 15 is 0 Å². The minimum absolute atomic E-state index is 0.833. The van der Waals surface area contributed by atoms with E-state index in [1.807, 2.05) is 82.6 Å². The molecule has 1 N–H and O–H groups in total. The van der Waals surface area contributed by atoms with E-state index in [1.54, 1.807) is 0 Å². The molecule has 0 bridgehead atoms. The monoisotopic (exact) mass is 338 g/mol. The SMILES string of the molecule is OC1N(c2ccccc2)c2cccc3cccc(c23)N1c1ccccc1. The lowest BCUT2D eigenvalue weighted by atomic mass is 10.0. The average Bonchev–Trinajstić information content (AvgIpc) is 2.70. The van der Waals surface area contributed by atoms with Crippen LogP contribution in [0, 0.1) is 0 Å². The van der Waals surface area contributed by atoms with Gasteiger partial charge in [0.25, 0.3) is 0 Å². The second-order valence-corrected chi connectivity index (χ2v) is 6.41. The first-order valence-electron chi connectivity index (χ1n) is 8.73. The number of para-hydroxylation sites is 2. The van der Waals surface area contributed by atoms with Crippen LogP contribution in [0.4, 0.5) is 22.7 Å². The summed E-state index contributed by atoms with van der Waals surface area (Å²) in [7, 11) is 0. The van der Waals surface area contributed by atoms with Gasteiger partial charge < -0.3 is 5.11 Å². The van der Waals surface area contributed by atoms with E-state index < -0.39 is 6.35 Å². The maximum atomic E-state index is 11.4. The van der Waals surface area contributed by atoms with E-state index in [9.17, 15) is 5.11 Å². The zero-order valence-electron chi connectivity index (χ0n) is 14.2. The standard InChI is InChI=1S/C23H18N2O/c26-23-24(18-11-3-1-4-12-18)20-15-7-9-17-10-8-16-21(22(17)20)25(23)19-13-5-2-6-14-19/h1-16,23,26H. The largest absolute Gasteiger partial charge is 0.356 e. The third-order valence-corrected chi connectivity index (χ3v) is 4.91. The highest BCUT2D eigenvalue weighted by Gasteiger charge is 2.33. The van der Waals surface area contributed by atoms with Gasteiger partial charge in [0.15, 0.2) is 0 Å². The van der Waals surface area contributed by atoms with Crippen LogP contribution >= 0.6 is 0 Å². The van der Waals surface area contributed by atoms with Crippen LogP contribution in [-0.4, -0.2) is 11.5 Å². The van der Waals surface area contributed by atoms with Crippen LogP contribution in [0.2, 0.25) is 0 Å². The molecule has 0 saturated heterocycles. The normalized spacial score (nSPS) is 14.0. The molecule has 0 atom stereocenters. The van der Waals surface area contributed by atoms with E-state index in [-0.39, 0.29) is 0 Å². The van der Waals surface area contributed by atoms with Gasteiger partial charge in [-0.1, -0.05) is 60.7 Å². The van der Waals surface area contributed by atoms with E-state index in [0.717, 1.165) is 33.5 Å². The molecule has 4 aromatic rings. The van der Waals surface area contributed by atoms with Crippen molar-refractivity contribution in [2.24, 2.45) is 0 Å². The zero-order valence-corrected chi connectivity index (χ0v) is 14.2. The van der Waals surface area contributed by atoms with Gasteiger partial charge in [0.05, 0.1) is 11.4 Å². The van der Waals surface area contributed by atoms with E-state index in [1.165, 1.54) is 0 Å². The van der Waals surface area contributed by atoms with Crippen molar-refractivity contribution in [3.8, 4) is 0 Å². The molecule has 1 aliphatic rings. The number of benzene rings is 4. The second kappa shape index (κ2) is 5.90. The molecule has 3 nitrogen and oxygen atoms in total. The third kappa shape index (κ3) is 2.18. The van der Waals surface area contributed by atoms with Crippen LogP contribution in [-0.2, 0) is 0 Å². The van der Waals surface area contributed by atoms with Crippen molar-refractivity contribution in [2.75, 3.05) is 9.80 Å². The molecule has 0 fully saturated rings. The number of hydrogen-bond donors (Lipinski definition) is 1. The van der Waals surface area contributed by atoms with Crippen LogP contribution in [0.5, 0.6) is 0 Å². The van der Waals surface area contributed by atoms with Crippen molar-refractivity contribution >= 4 is 33.5 Å². The van der Waals surface area contributed by atoms with Crippen LogP contribution in [0.1, 0.15) is 0 Å². The lowest BCUT2D eigenvalue weighted by Gasteiger charge is -2.43. The molecule has 0 saturated carbocycles. The predicted octanol–water partition coefficient (Wildman–Crippen LogP) is 5.41. The first-order valence-corrected chi connectivity index (χ1v) is 8.73. The number of anilines is 4. The predicted molar refractivity (Wildman–Crippen MR) is 107 cm³/mol. The summed E-state index contributed by atoms with van der Waals surface area (Å²) in [5, 5.41) is 13.7. The summed E-state index contributed by atoms with van der Waals surface area (Å²) in [5.41, 5.74) is 3.96. The van der Waals surface area contributed by atoms with Gasteiger partial charge in [-0.2, -0.15) is 0 Å². The van der Waals surface area contributed by atoms with Gasteiger partial charge >= 0.3 is 0 Å². The highest BCUT2D eigenvalue weighted by Crippen LogP contribution is 2.46. The molecule has 0 aliphatic carbocycles. The van der Waals surface area contributed by atoms with Crippen molar-refractivity contribution in [1.29, 1.82) is 0 Å². The fourth-order valence-corrected chi connectivity index (χ4v) is 3.79. The molecular weight excluding hydrogens is 320 g/mol. The summed E-state index contributed by atoms with van der Waals surface area (Å²) in [4.78, 5) is 3.98. The summed E-state index contributed by atoms with van der Waals surface area (Å²) in [6, 6.07) is 32.5. The molecule has 3 heteroatoms.